The third-order valence-electron chi connectivity index (χ3n) is 4.71. The molecule has 0 bridgehead atoms. The van der Waals surface area contributed by atoms with E-state index in [1.165, 1.54) is 37.9 Å². The van der Waals surface area contributed by atoms with Crippen LogP contribution in [-0.2, 0) is 0 Å². The zero-order valence-electron chi connectivity index (χ0n) is 13.3. The van der Waals surface area contributed by atoms with Crippen molar-refractivity contribution < 1.29 is 0 Å². The molecule has 1 fully saturated rings. The molecule has 0 aromatic heterocycles. The van der Waals surface area contributed by atoms with E-state index in [1.54, 1.807) is 0 Å². The van der Waals surface area contributed by atoms with E-state index in [1.807, 2.05) is 0 Å². The van der Waals surface area contributed by atoms with Crippen LogP contribution in [0.15, 0.2) is 30.3 Å². The topological polar surface area (TPSA) is 29.3 Å². The molecule has 2 heteroatoms. The average Bonchev–Trinajstić information content (AvgIpc) is 2.65. The summed E-state index contributed by atoms with van der Waals surface area (Å²) in [6.07, 6.45) is 3.98. The predicted octanol–water partition coefficient (Wildman–Crippen LogP) is 3.83. The first-order chi connectivity index (χ1) is 9.59. The second-order valence-corrected chi connectivity index (χ2v) is 6.74. The maximum Gasteiger partial charge on any atom is 0.0455 e. The summed E-state index contributed by atoms with van der Waals surface area (Å²) < 4.78 is 0. The van der Waals surface area contributed by atoms with Gasteiger partial charge in [-0.05, 0) is 49.8 Å². The number of nitrogens with zero attached hydrogens (tertiary/aromatic N) is 1. The summed E-state index contributed by atoms with van der Waals surface area (Å²) in [4.78, 5) is 2.64. The van der Waals surface area contributed by atoms with Crippen molar-refractivity contribution in [3.63, 3.8) is 0 Å². The van der Waals surface area contributed by atoms with Gasteiger partial charge in [0.1, 0.15) is 0 Å². The summed E-state index contributed by atoms with van der Waals surface area (Å²) >= 11 is 0. The van der Waals surface area contributed by atoms with E-state index in [4.69, 9.17) is 5.73 Å². The van der Waals surface area contributed by atoms with Gasteiger partial charge in [-0.1, -0.05) is 51.1 Å². The standard InChI is InChI=1S/C18H30N2/c1-14(2)18(17(19)16-9-5-4-6-10-16)20-12-7-8-15(3)11-13-20/h4-6,9-10,14-15,17-18H,7-8,11-13,19H2,1-3H3. The molecule has 112 valence electrons. The fourth-order valence-corrected chi connectivity index (χ4v) is 3.52. The molecule has 1 aliphatic heterocycles. The lowest BCUT2D eigenvalue weighted by atomic mass is 9.90. The Balaban J connectivity index is 2.14. The van der Waals surface area contributed by atoms with Crippen LogP contribution < -0.4 is 5.73 Å². The van der Waals surface area contributed by atoms with Crippen molar-refractivity contribution in [2.45, 2.75) is 52.1 Å². The van der Waals surface area contributed by atoms with E-state index in [-0.39, 0.29) is 6.04 Å². The van der Waals surface area contributed by atoms with Crippen LogP contribution in [0.5, 0.6) is 0 Å². The maximum absolute atomic E-state index is 6.62. The third-order valence-corrected chi connectivity index (χ3v) is 4.71. The highest BCUT2D eigenvalue weighted by atomic mass is 15.2. The summed E-state index contributed by atoms with van der Waals surface area (Å²) in [6, 6.07) is 11.1. The van der Waals surface area contributed by atoms with Gasteiger partial charge in [0.15, 0.2) is 0 Å². The van der Waals surface area contributed by atoms with Crippen LogP contribution in [0.1, 0.15) is 51.6 Å². The summed E-state index contributed by atoms with van der Waals surface area (Å²) in [5, 5.41) is 0. The quantitative estimate of drug-likeness (QED) is 0.904. The Morgan fingerprint density at radius 1 is 1.10 bits per heavy atom. The van der Waals surface area contributed by atoms with E-state index < -0.39 is 0 Å². The Morgan fingerprint density at radius 2 is 1.80 bits per heavy atom. The van der Waals surface area contributed by atoms with Crippen LogP contribution >= 0.6 is 0 Å². The molecular formula is C18H30N2. The highest BCUT2D eigenvalue weighted by Gasteiger charge is 2.29. The second kappa shape index (κ2) is 7.24. The molecule has 3 unspecified atom stereocenters. The first-order valence-corrected chi connectivity index (χ1v) is 8.14. The van der Waals surface area contributed by atoms with Crippen LogP contribution in [0.2, 0.25) is 0 Å². The van der Waals surface area contributed by atoms with Gasteiger partial charge in [-0.2, -0.15) is 0 Å². The maximum atomic E-state index is 6.62. The van der Waals surface area contributed by atoms with Gasteiger partial charge in [-0.3, -0.25) is 4.90 Å². The Kier molecular flexibility index (Phi) is 5.62. The van der Waals surface area contributed by atoms with Gasteiger partial charge < -0.3 is 5.73 Å². The lowest BCUT2D eigenvalue weighted by Gasteiger charge is -2.38. The molecule has 0 aliphatic carbocycles. The highest BCUT2D eigenvalue weighted by Crippen LogP contribution is 2.28. The lowest BCUT2D eigenvalue weighted by molar-refractivity contribution is 0.134. The van der Waals surface area contributed by atoms with Gasteiger partial charge in [-0.15, -0.1) is 0 Å². The number of hydrogen-bond acceptors (Lipinski definition) is 2. The molecule has 2 N–H and O–H groups in total. The summed E-state index contributed by atoms with van der Waals surface area (Å²) in [5.41, 5.74) is 7.88. The minimum atomic E-state index is 0.115. The minimum absolute atomic E-state index is 0.115. The average molecular weight is 274 g/mol. The van der Waals surface area contributed by atoms with Crippen molar-refractivity contribution in [2.24, 2.45) is 17.6 Å². The van der Waals surface area contributed by atoms with E-state index >= 15 is 0 Å². The highest BCUT2D eigenvalue weighted by molar-refractivity contribution is 5.20. The van der Waals surface area contributed by atoms with Crippen molar-refractivity contribution in [3.8, 4) is 0 Å². The molecule has 1 saturated heterocycles. The molecule has 1 aromatic rings. The number of benzene rings is 1. The first kappa shape index (κ1) is 15.5. The second-order valence-electron chi connectivity index (χ2n) is 6.74. The van der Waals surface area contributed by atoms with Gasteiger partial charge in [0.25, 0.3) is 0 Å². The molecule has 2 nitrogen and oxygen atoms in total. The Labute approximate surface area is 124 Å². The van der Waals surface area contributed by atoms with Crippen LogP contribution in [-0.4, -0.2) is 24.0 Å². The first-order valence-electron chi connectivity index (χ1n) is 8.14. The molecule has 0 saturated carbocycles. The van der Waals surface area contributed by atoms with Crippen molar-refractivity contribution in [1.29, 1.82) is 0 Å². The van der Waals surface area contributed by atoms with Crippen LogP contribution in [0.3, 0.4) is 0 Å². The van der Waals surface area contributed by atoms with Crippen molar-refractivity contribution in [1.82, 2.24) is 4.90 Å². The van der Waals surface area contributed by atoms with Crippen molar-refractivity contribution >= 4 is 0 Å². The van der Waals surface area contributed by atoms with Crippen LogP contribution in [0.4, 0.5) is 0 Å². The molecule has 1 heterocycles. The molecule has 2 rings (SSSR count). The van der Waals surface area contributed by atoms with E-state index in [2.05, 4.69) is 56.0 Å². The van der Waals surface area contributed by atoms with Crippen molar-refractivity contribution in [2.75, 3.05) is 13.1 Å². The Hall–Kier alpha value is -0.860. The molecule has 0 spiro atoms. The zero-order valence-corrected chi connectivity index (χ0v) is 13.3. The number of nitrogens with two attached hydrogens (primary N) is 1. The number of rotatable bonds is 4. The largest absolute Gasteiger partial charge is 0.323 e. The minimum Gasteiger partial charge on any atom is -0.323 e. The fraction of sp³-hybridized carbons (Fsp3) is 0.667. The Morgan fingerprint density at radius 3 is 2.45 bits per heavy atom. The molecule has 20 heavy (non-hydrogen) atoms. The summed E-state index contributed by atoms with van der Waals surface area (Å²) in [5.74, 6) is 1.44. The third kappa shape index (κ3) is 3.83. The van der Waals surface area contributed by atoms with Gasteiger partial charge in [0, 0.05) is 12.1 Å². The van der Waals surface area contributed by atoms with E-state index in [0.717, 1.165) is 5.92 Å². The SMILES string of the molecule is CC1CCCN(C(C(C)C)C(N)c2ccccc2)CC1. The smallest absolute Gasteiger partial charge is 0.0455 e. The number of hydrogen-bond donors (Lipinski definition) is 1. The zero-order chi connectivity index (χ0) is 14.5. The van der Waals surface area contributed by atoms with E-state index in [9.17, 15) is 0 Å². The van der Waals surface area contributed by atoms with Crippen molar-refractivity contribution in [3.05, 3.63) is 35.9 Å². The molecule has 3 atom stereocenters. The molecule has 1 aromatic carbocycles. The predicted molar refractivity (Wildman–Crippen MR) is 86.6 cm³/mol. The molecule has 0 radical (unpaired) electrons. The summed E-state index contributed by atoms with van der Waals surface area (Å²) in [7, 11) is 0. The Bertz CT molecular complexity index is 388. The number of likely N-dealkylation sites (tertiary alicyclic amines) is 1. The van der Waals surface area contributed by atoms with Crippen LogP contribution in [0.25, 0.3) is 0 Å². The summed E-state index contributed by atoms with van der Waals surface area (Å²) in [6.45, 7) is 9.40. The van der Waals surface area contributed by atoms with Gasteiger partial charge in [0.05, 0.1) is 0 Å². The van der Waals surface area contributed by atoms with Gasteiger partial charge in [0.2, 0.25) is 0 Å². The van der Waals surface area contributed by atoms with Crippen LogP contribution in [0, 0.1) is 11.8 Å². The van der Waals surface area contributed by atoms with E-state index in [0.29, 0.717) is 12.0 Å². The molecule has 0 amide bonds. The normalized spacial score (nSPS) is 24.4. The monoisotopic (exact) mass is 274 g/mol. The van der Waals surface area contributed by atoms with Gasteiger partial charge in [-0.25, -0.2) is 0 Å². The lowest BCUT2D eigenvalue weighted by Crippen LogP contribution is -2.46. The van der Waals surface area contributed by atoms with Gasteiger partial charge >= 0.3 is 0 Å². The molecular weight excluding hydrogens is 244 g/mol. The molecule has 1 aliphatic rings. The fourth-order valence-electron chi connectivity index (χ4n) is 3.52.